The Kier molecular flexibility index (Phi) is 2.19. The van der Waals surface area contributed by atoms with E-state index >= 15 is 0 Å². The highest BCUT2D eigenvalue weighted by atomic mass is 32.1. The van der Waals surface area contributed by atoms with Crippen LogP contribution in [-0.4, -0.2) is 26.0 Å². The number of carboxylic acids is 1. The minimum absolute atomic E-state index is 0.00111. The van der Waals surface area contributed by atoms with Crippen LogP contribution in [-0.2, 0) is 0 Å². The average Bonchev–Trinajstić information content (AvgIpc) is 2.67. The molecule has 0 aliphatic heterocycles. The van der Waals surface area contributed by atoms with Gasteiger partial charge in [0, 0.05) is 12.4 Å². The normalized spacial score (nSPS) is 10.0. The van der Waals surface area contributed by atoms with Crippen molar-refractivity contribution in [2.24, 2.45) is 0 Å². The number of aromatic nitrogens is 3. The lowest BCUT2D eigenvalue weighted by molar-refractivity contribution is 0.0692. The topological polar surface area (TPSA) is 76.0 Å². The molecule has 0 bridgehead atoms. The lowest BCUT2D eigenvalue weighted by atomic mass is 10.3. The fourth-order valence-corrected chi connectivity index (χ4v) is 1.70. The van der Waals surface area contributed by atoms with Gasteiger partial charge in [0.25, 0.3) is 0 Å². The zero-order chi connectivity index (χ0) is 9.97. The Morgan fingerprint density at radius 1 is 1.29 bits per heavy atom. The van der Waals surface area contributed by atoms with Crippen LogP contribution in [0.25, 0.3) is 10.7 Å². The summed E-state index contributed by atoms with van der Waals surface area (Å²) in [4.78, 5) is 22.9. The molecule has 2 aromatic rings. The van der Waals surface area contributed by atoms with Crippen LogP contribution in [0.2, 0.25) is 0 Å². The van der Waals surface area contributed by atoms with Crippen molar-refractivity contribution >= 4 is 17.3 Å². The molecule has 2 aromatic heterocycles. The van der Waals surface area contributed by atoms with Crippen LogP contribution in [0.3, 0.4) is 0 Å². The second-order valence-electron chi connectivity index (χ2n) is 2.41. The van der Waals surface area contributed by atoms with Crippen molar-refractivity contribution in [3.63, 3.8) is 0 Å². The van der Waals surface area contributed by atoms with E-state index in [0.717, 1.165) is 0 Å². The standard InChI is InChI=1S/C8H5N3O2S/c12-8(13)5-6(14-4-11-5)7-9-2-1-3-10-7/h1-4H,(H,12,13). The van der Waals surface area contributed by atoms with Crippen molar-refractivity contribution in [3.05, 3.63) is 29.7 Å². The second-order valence-corrected chi connectivity index (χ2v) is 3.26. The third kappa shape index (κ3) is 1.47. The molecule has 0 spiro atoms. The number of carboxylic acid groups (broad SMARTS) is 1. The van der Waals surface area contributed by atoms with Gasteiger partial charge in [0.2, 0.25) is 0 Å². The highest BCUT2D eigenvalue weighted by Gasteiger charge is 2.16. The summed E-state index contributed by atoms with van der Waals surface area (Å²) in [6, 6.07) is 1.67. The second kappa shape index (κ2) is 3.51. The number of rotatable bonds is 2. The molecule has 6 heteroatoms. The minimum Gasteiger partial charge on any atom is -0.476 e. The van der Waals surface area contributed by atoms with E-state index in [1.165, 1.54) is 16.8 Å². The monoisotopic (exact) mass is 207 g/mol. The van der Waals surface area contributed by atoms with E-state index in [4.69, 9.17) is 5.11 Å². The third-order valence-electron chi connectivity index (χ3n) is 1.54. The summed E-state index contributed by atoms with van der Waals surface area (Å²) in [6.07, 6.45) is 3.13. The quantitative estimate of drug-likeness (QED) is 0.803. The lowest BCUT2D eigenvalue weighted by Crippen LogP contribution is -1.99. The predicted molar refractivity (Wildman–Crippen MR) is 50.1 cm³/mol. The predicted octanol–water partition coefficient (Wildman–Crippen LogP) is 1.30. The van der Waals surface area contributed by atoms with E-state index in [1.54, 1.807) is 18.5 Å². The number of carbonyl (C=O) groups is 1. The van der Waals surface area contributed by atoms with Gasteiger partial charge < -0.3 is 5.11 Å². The number of hydrogen-bond acceptors (Lipinski definition) is 5. The molecule has 2 rings (SSSR count). The Bertz CT molecular complexity index is 455. The fraction of sp³-hybridized carbons (Fsp3) is 0. The Labute approximate surface area is 83.1 Å². The van der Waals surface area contributed by atoms with Gasteiger partial charge >= 0.3 is 5.97 Å². The van der Waals surface area contributed by atoms with Gasteiger partial charge in [0.15, 0.2) is 11.5 Å². The number of hydrogen-bond donors (Lipinski definition) is 1. The highest BCUT2D eigenvalue weighted by molar-refractivity contribution is 7.13. The maximum Gasteiger partial charge on any atom is 0.356 e. The molecule has 0 saturated carbocycles. The summed E-state index contributed by atoms with van der Waals surface area (Å²) >= 11 is 1.21. The van der Waals surface area contributed by atoms with Crippen molar-refractivity contribution < 1.29 is 9.90 Å². The van der Waals surface area contributed by atoms with Crippen LogP contribution in [0.1, 0.15) is 10.5 Å². The summed E-state index contributed by atoms with van der Waals surface area (Å²) < 4.78 is 0. The van der Waals surface area contributed by atoms with Crippen molar-refractivity contribution in [2.75, 3.05) is 0 Å². The molecule has 0 unspecified atom stereocenters. The molecule has 2 heterocycles. The molecule has 1 N–H and O–H groups in total. The van der Waals surface area contributed by atoms with Crippen molar-refractivity contribution in [1.82, 2.24) is 15.0 Å². The molecule has 70 valence electrons. The van der Waals surface area contributed by atoms with E-state index in [2.05, 4.69) is 15.0 Å². The van der Waals surface area contributed by atoms with E-state index < -0.39 is 5.97 Å². The number of nitrogens with zero attached hydrogens (tertiary/aromatic N) is 3. The van der Waals surface area contributed by atoms with Gasteiger partial charge in [-0.2, -0.15) is 0 Å². The molecule has 0 amide bonds. The van der Waals surface area contributed by atoms with Gasteiger partial charge in [-0.05, 0) is 6.07 Å². The zero-order valence-electron chi connectivity index (χ0n) is 6.91. The summed E-state index contributed by atoms with van der Waals surface area (Å²) in [5.74, 6) is -0.666. The van der Waals surface area contributed by atoms with Crippen molar-refractivity contribution in [2.45, 2.75) is 0 Å². The molecular formula is C8H5N3O2S. The first-order valence-corrected chi connectivity index (χ1v) is 4.61. The molecule has 5 nitrogen and oxygen atoms in total. The lowest BCUT2D eigenvalue weighted by Gasteiger charge is -1.95. The zero-order valence-corrected chi connectivity index (χ0v) is 7.73. The van der Waals surface area contributed by atoms with Crippen LogP contribution < -0.4 is 0 Å². The van der Waals surface area contributed by atoms with Gasteiger partial charge in [-0.1, -0.05) is 0 Å². The van der Waals surface area contributed by atoms with Crippen molar-refractivity contribution in [1.29, 1.82) is 0 Å². The summed E-state index contributed by atoms with van der Waals surface area (Å²) in [7, 11) is 0. The molecular weight excluding hydrogens is 202 g/mol. The first-order chi connectivity index (χ1) is 6.79. The van der Waals surface area contributed by atoms with Crippen LogP contribution >= 0.6 is 11.3 Å². The number of thiazole rings is 1. The molecule has 0 saturated heterocycles. The van der Waals surface area contributed by atoms with Gasteiger partial charge in [-0.25, -0.2) is 19.7 Å². The smallest absolute Gasteiger partial charge is 0.356 e. The molecule has 0 atom stereocenters. The summed E-state index contributed by atoms with van der Waals surface area (Å²) in [6.45, 7) is 0. The van der Waals surface area contributed by atoms with E-state index in [-0.39, 0.29) is 5.69 Å². The van der Waals surface area contributed by atoms with Gasteiger partial charge in [-0.3, -0.25) is 0 Å². The average molecular weight is 207 g/mol. The molecule has 0 aromatic carbocycles. The molecule has 14 heavy (non-hydrogen) atoms. The first kappa shape index (κ1) is 8.76. The SMILES string of the molecule is O=C(O)c1ncsc1-c1ncccn1. The number of aromatic carboxylic acids is 1. The molecule has 0 fully saturated rings. The Morgan fingerprint density at radius 2 is 2.00 bits per heavy atom. The first-order valence-electron chi connectivity index (χ1n) is 3.73. The Hall–Kier alpha value is -1.82. The highest BCUT2D eigenvalue weighted by Crippen LogP contribution is 2.23. The van der Waals surface area contributed by atoms with Gasteiger partial charge in [0.1, 0.15) is 4.88 Å². The Morgan fingerprint density at radius 3 is 2.64 bits per heavy atom. The van der Waals surface area contributed by atoms with Crippen LogP contribution in [0.15, 0.2) is 24.0 Å². The van der Waals surface area contributed by atoms with Crippen LogP contribution in [0.4, 0.5) is 0 Å². The largest absolute Gasteiger partial charge is 0.476 e. The summed E-state index contributed by atoms with van der Waals surface area (Å²) in [5.41, 5.74) is 1.47. The minimum atomic E-state index is -1.06. The maximum atomic E-state index is 10.7. The molecule has 0 aliphatic carbocycles. The van der Waals surface area contributed by atoms with Crippen molar-refractivity contribution in [3.8, 4) is 10.7 Å². The third-order valence-corrected chi connectivity index (χ3v) is 2.36. The van der Waals surface area contributed by atoms with E-state index in [9.17, 15) is 4.79 Å². The maximum absolute atomic E-state index is 10.7. The summed E-state index contributed by atoms with van der Waals surface area (Å²) in [5, 5.41) is 8.80. The fourth-order valence-electron chi connectivity index (χ4n) is 0.973. The molecule has 0 aliphatic rings. The van der Waals surface area contributed by atoms with Gasteiger partial charge in [-0.15, -0.1) is 11.3 Å². The molecule has 0 radical (unpaired) electrons. The van der Waals surface area contributed by atoms with Crippen LogP contribution in [0.5, 0.6) is 0 Å². The van der Waals surface area contributed by atoms with Crippen LogP contribution in [0, 0.1) is 0 Å². The van der Waals surface area contributed by atoms with Gasteiger partial charge in [0.05, 0.1) is 5.51 Å². The van der Waals surface area contributed by atoms with E-state index in [0.29, 0.717) is 10.7 Å². The Balaban J connectivity index is 2.52. The van der Waals surface area contributed by atoms with E-state index in [1.807, 2.05) is 0 Å².